The van der Waals surface area contributed by atoms with E-state index in [1.165, 1.54) is 17.6 Å². The van der Waals surface area contributed by atoms with E-state index in [0.717, 1.165) is 73.6 Å². The number of methoxy groups -OCH3 is 1. The van der Waals surface area contributed by atoms with Gasteiger partial charge in [0.1, 0.15) is 17.1 Å². The number of ether oxygens (including phenoxy) is 2. The monoisotopic (exact) mass is 600 g/mol. The van der Waals surface area contributed by atoms with Crippen LogP contribution in [0.25, 0.3) is 16.6 Å². The summed E-state index contributed by atoms with van der Waals surface area (Å²) >= 11 is 6.19. The van der Waals surface area contributed by atoms with Crippen LogP contribution in [-0.2, 0) is 4.74 Å². The summed E-state index contributed by atoms with van der Waals surface area (Å²) in [6.45, 7) is 9.58. The first-order chi connectivity index (χ1) is 20.8. The summed E-state index contributed by atoms with van der Waals surface area (Å²) < 4.78 is 10.4. The van der Waals surface area contributed by atoms with Gasteiger partial charge in [-0.25, -0.2) is 4.98 Å². The Morgan fingerprint density at radius 1 is 1.02 bits per heavy atom. The van der Waals surface area contributed by atoms with Crippen LogP contribution in [0.15, 0.2) is 72.6 Å². The van der Waals surface area contributed by atoms with Gasteiger partial charge in [0.15, 0.2) is 6.29 Å². The molecule has 0 spiro atoms. The predicted molar refractivity (Wildman–Crippen MR) is 176 cm³/mol. The number of aromatic nitrogens is 2. The molecule has 1 fully saturated rings. The van der Waals surface area contributed by atoms with Gasteiger partial charge in [0.05, 0.1) is 11.8 Å². The molecule has 0 atom stereocenters. The Morgan fingerprint density at radius 3 is 2.49 bits per heavy atom. The third-order valence-electron chi connectivity index (χ3n) is 8.26. The number of aldehydes is 1. The van der Waals surface area contributed by atoms with E-state index in [1.807, 2.05) is 48.7 Å². The summed E-state index contributed by atoms with van der Waals surface area (Å²) in [6, 6.07) is 18.1. The highest BCUT2D eigenvalue weighted by atomic mass is 35.5. The zero-order valence-electron chi connectivity index (χ0n) is 25.5. The van der Waals surface area contributed by atoms with E-state index in [9.17, 15) is 4.79 Å². The van der Waals surface area contributed by atoms with Crippen molar-refractivity contribution in [3.8, 4) is 11.5 Å². The van der Waals surface area contributed by atoms with E-state index < -0.39 is 0 Å². The average Bonchev–Trinajstić information content (AvgIpc) is 3.47. The Bertz CT molecular complexity index is 1570. The van der Waals surface area contributed by atoms with Gasteiger partial charge in [-0.1, -0.05) is 43.2 Å². The van der Waals surface area contributed by atoms with Crippen LogP contribution >= 0.6 is 11.6 Å². The summed E-state index contributed by atoms with van der Waals surface area (Å²) in [5.74, 6) is 1.16. The van der Waals surface area contributed by atoms with Gasteiger partial charge in [-0.15, -0.1) is 0 Å². The molecule has 0 bridgehead atoms. The number of carbonyl (C=O) groups is 1. The van der Waals surface area contributed by atoms with Crippen LogP contribution < -0.4 is 9.64 Å². The van der Waals surface area contributed by atoms with E-state index in [4.69, 9.17) is 16.3 Å². The molecule has 1 N–H and O–H groups in total. The first kappa shape index (κ1) is 30.8. The van der Waals surface area contributed by atoms with E-state index in [2.05, 4.69) is 50.5 Å². The number of fused-ring (bicyclic) bond motifs is 1. The number of nitrogens with one attached hydrogen (secondary N) is 1. The Hall–Kier alpha value is -3.65. The summed E-state index contributed by atoms with van der Waals surface area (Å²) in [4.78, 5) is 24.2. The lowest BCUT2D eigenvalue weighted by Crippen LogP contribution is -2.47. The largest absolute Gasteiger partial charge is 0.455 e. The maximum atomic E-state index is 11.8. The summed E-state index contributed by atoms with van der Waals surface area (Å²) in [5.41, 5.74) is 7.08. The highest BCUT2D eigenvalue weighted by Crippen LogP contribution is 2.43. The molecular weight excluding hydrogens is 560 g/mol. The number of hydrogen-bond acceptors (Lipinski definition) is 6. The van der Waals surface area contributed by atoms with E-state index in [0.29, 0.717) is 22.5 Å². The zero-order valence-corrected chi connectivity index (χ0v) is 26.3. The van der Waals surface area contributed by atoms with Crippen molar-refractivity contribution in [3.63, 3.8) is 0 Å². The van der Waals surface area contributed by atoms with Crippen molar-refractivity contribution in [2.24, 2.45) is 5.41 Å². The lowest BCUT2D eigenvalue weighted by molar-refractivity contribution is 0.112. The van der Waals surface area contributed by atoms with Crippen molar-refractivity contribution in [2.75, 3.05) is 51.8 Å². The fraction of sp³-hybridized carbons (Fsp3) is 0.371. The molecule has 3 heterocycles. The van der Waals surface area contributed by atoms with Gasteiger partial charge in [0, 0.05) is 75.3 Å². The first-order valence-electron chi connectivity index (χ1n) is 14.8. The second-order valence-electron chi connectivity index (χ2n) is 12.1. The molecule has 6 rings (SSSR count). The van der Waals surface area contributed by atoms with Crippen LogP contribution in [0.5, 0.6) is 11.5 Å². The van der Waals surface area contributed by atoms with Gasteiger partial charge >= 0.3 is 0 Å². The summed E-state index contributed by atoms with van der Waals surface area (Å²) in [7, 11) is 3.25. The van der Waals surface area contributed by atoms with Crippen LogP contribution in [0, 0.1) is 5.41 Å². The molecule has 226 valence electrons. The molecule has 0 amide bonds. The van der Waals surface area contributed by atoms with E-state index >= 15 is 0 Å². The van der Waals surface area contributed by atoms with Gasteiger partial charge in [-0.3, -0.25) is 9.69 Å². The van der Waals surface area contributed by atoms with Gasteiger partial charge in [0.2, 0.25) is 0 Å². The van der Waals surface area contributed by atoms with Gasteiger partial charge in [-0.05, 0) is 72.2 Å². The van der Waals surface area contributed by atoms with Crippen LogP contribution in [0.4, 0.5) is 5.69 Å². The number of anilines is 1. The minimum absolute atomic E-state index is 0.314. The molecule has 1 saturated heterocycles. The van der Waals surface area contributed by atoms with Crippen molar-refractivity contribution in [1.82, 2.24) is 14.9 Å². The standard InChI is InChI=1S/C33H35ClN4O2.C2H6O/c1-33(2)11-9-25(30(19-33)23-3-6-27(34)7-4-23)21-37-13-15-38(16-14-37)28-8-5-26(22-39)31(18-28)40-29-17-24-10-12-35-32(24)36-20-29;1-3-2/h3-8,10,12,17-18,20,22H,9,11,13-16,19,21H2,1-2H3,(H,35,36);1-2H3. The number of allylic oxidation sites excluding steroid dienone is 1. The zero-order chi connectivity index (χ0) is 30.4. The molecular formula is C35H41ClN4O3. The molecule has 2 aromatic carbocycles. The quantitative estimate of drug-likeness (QED) is 0.218. The third-order valence-corrected chi connectivity index (χ3v) is 8.51. The van der Waals surface area contributed by atoms with Crippen molar-refractivity contribution >= 4 is 40.2 Å². The Labute approximate surface area is 259 Å². The Kier molecular flexibility index (Phi) is 9.86. The summed E-state index contributed by atoms with van der Waals surface area (Å²) in [5, 5.41) is 1.75. The fourth-order valence-corrected chi connectivity index (χ4v) is 6.03. The molecule has 4 aromatic rings. The lowest BCUT2D eigenvalue weighted by atomic mass is 9.72. The molecule has 1 aliphatic heterocycles. The highest BCUT2D eigenvalue weighted by molar-refractivity contribution is 6.30. The number of halogens is 1. The summed E-state index contributed by atoms with van der Waals surface area (Å²) in [6.07, 6.45) is 7.83. The van der Waals surface area contributed by atoms with Crippen molar-refractivity contribution < 1.29 is 14.3 Å². The number of nitrogens with zero attached hydrogens (tertiary/aromatic N) is 3. The molecule has 2 aromatic heterocycles. The van der Waals surface area contributed by atoms with E-state index in [-0.39, 0.29) is 0 Å². The minimum atomic E-state index is 0.314. The normalized spacial score (nSPS) is 17.0. The van der Waals surface area contributed by atoms with Crippen LogP contribution in [0.1, 0.15) is 49.0 Å². The molecule has 1 aliphatic carbocycles. The minimum Gasteiger partial charge on any atom is -0.455 e. The molecule has 43 heavy (non-hydrogen) atoms. The maximum Gasteiger partial charge on any atom is 0.153 e. The number of benzene rings is 2. The molecule has 2 aliphatic rings. The van der Waals surface area contributed by atoms with Crippen molar-refractivity contribution in [2.45, 2.75) is 33.1 Å². The first-order valence-corrected chi connectivity index (χ1v) is 15.2. The van der Waals surface area contributed by atoms with Gasteiger partial charge < -0.3 is 19.4 Å². The number of piperazine rings is 1. The lowest BCUT2D eigenvalue weighted by Gasteiger charge is -2.39. The molecule has 0 saturated carbocycles. The van der Waals surface area contributed by atoms with Crippen molar-refractivity contribution in [1.29, 1.82) is 0 Å². The van der Waals surface area contributed by atoms with Crippen LogP contribution in [-0.4, -0.2) is 68.1 Å². The van der Waals surface area contributed by atoms with Crippen LogP contribution in [0.3, 0.4) is 0 Å². The number of pyridine rings is 1. The second-order valence-corrected chi connectivity index (χ2v) is 12.6. The smallest absolute Gasteiger partial charge is 0.153 e. The van der Waals surface area contributed by atoms with Crippen molar-refractivity contribution in [3.05, 3.63) is 88.7 Å². The number of hydrogen-bond donors (Lipinski definition) is 1. The number of carbonyl (C=O) groups excluding carboxylic acids is 1. The number of H-pyrrole nitrogens is 1. The molecule has 0 unspecified atom stereocenters. The molecule has 7 nitrogen and oxygen atoms in total. The average molecular weight is 601 g/mol. The topological polar surface area (TPSA) is 70.7 Å². The Balaban J connectivity index is 0.00000118. The maximum absolute atomic E-state index is 11.8. The fourth-order valence-electron chi connectivity index (χ4n) is 5.91. The van der Waals surface area contributed by atoms with E-state index in [1.54, 1.807) is 26.0 Å². The van der Waals surface area contributed by atoms with Crippen LogP contribution in [0.2, 0.25) is 5.02 Å². The molecule has 8 heteroatoms. The second kappa shape index (κ2) is 13.8. The highest BCUT2D eigenvalue weighted by Gasteiger charge is 2.29. The Morgan fingerprint density at radius 2 is 1.77 bits per heavy atom. The number of rotatable bonds is 7. The molecule has 0 radical (unpaired) electrons. The van der Waals surface area contributed by atoms with Gasteiger partial charge in [-0.2, -0.15) is 0 Å². The SMILES string of the molecule is CC1(C)CCC(CN2CCN(c3ccc(C=O)c(Oc4cnc5[nH]ccc5c4)c3)CC2)=C(c2ccc(Cl)cc2)C1.COC. The van der Waals surface area contributed by atoms with Gasteiger partial charge in [0.25, 0.3) is 0 Å². The third kappa shape index (κ3) is 7.66. The predicted octanol–water partition coefficient (Wildman–Crippen LogP) is 7.87. The number of aromatic amines is 1.